The molecule has 0 amide bonds. The molecule has 0 radical (unpaired) electrons. The molecule has 9 heteroatoms. The van der Waals surface area contributed by atoms with Gasteiger partial charge in [-0.3, -0.25) is 19.4 Å². The van der Waals surface area contributed by atoms with E-state index in [4.69, 9.17) is 20.6 Å². The van der Waals surface area contributed by atoms with Crippen LogP contribution in [0.2, 0.25) is 0 Å². The molecule has 0 aliphatic carbocycles. The largest absolute Gasteiger partial charge is 0.526 e. The molecule has 1 atom stereocenters. The molecule has 0 aliphatic rings. The van der Waals surface area contributed by atoms with Crippen molar-refractivity contribution >= 4 is 19.8 Å². The van der Waals surface area contributed by atoms with Crippen LogP contribution in [0.5, 0.6) is 0 Å². The average molecular weight is 213 g/mol. The highest BCUT2D eigenvalue weighted by molar-refractivity contribution is 7.46. The third-order valence-corrected chi connectivity index (χ3v) is 1.37. The van der Waals surface area contributed by atoms with E-state index in [1.165, 1.54) is 0 Å². The molecule has 0 bridgehead atoms. The topological polar surface area (TPSA) is 147 Å². The Morgan fingerprint density at radius 3 is 2.23 bits per heavy atom. The van der Waals surface area contributed by atoms with Crippen molar-refractivity contribution in [3.05, 3.63) is 0 Å². The Morgan fingerprint density at radius 1 is 1.46 bits per heavy atom. The van der Waals surface area contributed by atoms with Crippen LogP contribution in [0.3, 0.4) is 0 Å². The average Bonchev–Trinajstić information content (AvgIpc) is 1.81. The second kappa shape index (κ2) is 4.33. The Labute approximate surface area is 72.5 Å². The minimum atomic E-state index is -4.91. The lowest BCUT2D eigenvalue weighted by molar-refractivity contribution is -0.144. The summed E-state index contributed by atoms with van der Waals surface area (Å²) in [5.74, 6) is -2.81. The van der Waals surface area contributed by atoms with E-state index >= 15 is 0 Å². The van der Waals surface area contributed by atoms with Gasteiger partial charge in [-0.05, 0) is 0 Å². The first kappa shape index (κ1) is 12.0. The standard InChI is InChI=1S/C4H8NO7P/c5-2(4(7)8)1-3(6)12-13(9,10)11/h2H,1,5H2,(H,7,8)(H2,9,10,11)/t2-/m1/s1. The molecule has 8 nitrogen and oxygen atoms in total. The van der Waals surface area contributed by atoms with Crippen molar-refractivity contribution in [2.45, 2.75) is 12.5 Å². The van der Waals surface area contributed by atoms with Crippen LogP contribution >= 0.6 is 7.82 Å². The third-order valence-electron chi connectivity index (χ3n) is 0.925. The normalized spacial score (nSPS) is 13.5. The van der Waals surface area contributed by atoms with Gasteiger partial charge in [-0.15, -0.1) is 0 Å². The Bertz CT molecular complexity index is 257. The minimum absolute atomic E-state index is 0.791. The second-order valence-corrected chi connectivity index (χ2v) is 3.27. The molecule has 0 unspecified atom stereocenters. The summed E-state index contributed by atoms with van der Waals surface area (Å²) >= 11 is 0. The number of carbonyl (C=O) groups is 2. The summed E-state index contributed by atoms with van der Waals surface area (Å²) in [5.41, 5.74) is 4.88. The molecule has 0 rings (SSSR count). The fourth-order valence-electron chi connectivity index (χ4n) is 0.437. The van der Waals surface area contributed by atoms with Gasteiger partial charge in [-0.25, -0.2) is 4.57 Å². The van der Waals surface area contributed by atoms with E-state index < -0.39 is 32.2 Å². The van der Waals surface area contributed by atoms with Crippen LogP contribution in [-0.4, -0.2) is 32.9 Å². The lowest BCUT2D eigenvalue weighted by Crippen LogP contribution is -2.32. The number of hydrogen-bond acceptors (Lipinski definition) is 5. The van der Waals surface area contributed by atoms with E-state index in [-0.39, 0.29) is 0 Å². The van der Waals surface area contributed by atoms with Crippen molar-refractivity contribution in [2.75, 3.05) is 0 Å². The first-order valence-electron chi connectivity index (χ1n) is 2.98. The van der Waals surface area contributed by atoms with Crippen molar-refractivity contribution in [2.24, 2.45) is 5.73 Å². The number of rotatable bonds is 4. The second-order valence-electron chi connectivity index (χ2n) is 2.10. The predicted octanol–water partition coefficient (Wildman–Crippen LogP) is -1.58. The van der Waals surface area contributed by atoms with Crippen LogP contribution < -0.4 is 5.73 Å². The lowest BCUT2D eigenvalue weighted by Gasteiger charge is -2.06. The first-order valence-corrected chi connectivity index (χ1v) is 4.52. The summed E-state index contributed by atoms with van der Waals surface area (Å²) in [7, 11) is -4.91. The highest BCUT2D eigenvalue weighted by Gasteiger charge is 2.24. The minimum Gasteiger partial charge on any atom is -0.480 e. The Kier molecular flexibility index (Phi) is 4.02. The molecule has 0 saturated carbocycles. The summed E-state index contributed by atoms with van der Waals surface area (Å²) in [5, 5.41) is 8.20. The number of carboxylic acid groups (broad SMARTS) is 1. The van der Waals surface area contributed by atoms with Crippen LogP contribution in [0.15, 0.2) is 0 Å². The Balaban J connectivity index is 4.03. The van der Waals surface area contributed by atoms with Gasteiger partial charge in [0.25, 0.3) is 0 Å². The van der Waals surface area contributed by atoms with Crippen molar-refractivity contribution in [1.82, 2.24) is 0 Å². The molecule has 0 spiro atoms. The number of hydrogen-bond donors (Lipinski definition) is 4. The van der Waals surface area contributed by atoms with Crippen LogP contribution in [-0.2, 0) is 18.7 Å². The quantitative estimate of drug-likeness (QED) is 0.409. The fraction of sp³-hybridized carbons (Fsp3) is 0.500. The van der Waals surface area contributed by atoms with Crippen LogP contribution in [0, 0.1) is 0 Å². The highest BCUT2D eigenvalue weighted by Crippen LogP contribution is 2.36. The molecule has 5 N–H and O–H groups in total. The number of phosphoric ester groups is 1. The van der Waals surface area contributed by atoms with E-state index in [0.717, 1.165) is 0 Å². The number of carbonyl (C=O) groups excluding carboxylic acids is 1. The molecule has 13 heavy (non-hydrogen) atoms. The summed E-state index contributed by atoms with van der Waals surface area (Å²) in [4.78, 5) is 36.8. The number of nitrogens with two attached hydrogens (primary N) is 1. The van der Waals surface area contributed by atoms with Crippen LogP contribution in [0.25, 0.3) is 0 Å². The van der Waals surface area contributed by atoms with Gasteiger partial charge in [0.15, 0.2) is 0 Å². The Morgan fingerprint density at radius 2 is 1.92 bits per heavy atom. The van der Waals surface area contributed by atoms with E-state index in [9.17, 15) is 14.2 Å². The van der Waals surface area contributed by atoms with Gasteiger partial charge in [-0.1, -0.05) is 0 Å². The number of aliphatic carboxylic acids is 1. The maximum Gasteiger partial charge on any atom is 0.526 e. The summed E-state index contributed by atoms with van der Waals surface area (Å²) in [6, 6.07) is -1.53. The first-order chi connectivity index (χ1) is 5.72. The van der Waals surface area contributed by atoms with E-state index in [2.05, 4.69) is 4.52 Å². The summed E-state index contributed by atoms with van der Waals surface area (Å²) < 4.78 is 13.6. The molecule has 0 heterocycles. The van der Waals surface area contributed by atoms with E-state index in [1.807, 2.05) is 0 Å². The van der Waals surface area contributed by atoms with Crippen LogP contribution in [0.4, 0.5) is 0 Å². The van der Waals surface area contributed by atoms with Crippen molar-refractivity contribution in [3.8, 4) is 0 Å². The van der Waals surface area contributed by atoms with Gasteiger partial charge in [0.2, 0.25) is 0 Å². The smallest absolute Gasteiger partial charge is 0.480 e. The van der Waals surface area contributed by atoms with E-state index in [1.54, 1.807) is 0 Å². The van der Waals surface area contributed by atoms with Crippen molar-refractivity contribution in [1.29, 1.82) is 0 Å². The predicted molar refractivity (Wildman–Crippen MR) is 38.4 cm³/mol. The van der Waals surface area contributed by atoms with Gasteiger partial charge in [0.05, 0.1) is 6.42 Å². The van der Waals surface area contributed by atoms with Gasteiger partial charge in [0, 0.05) is 0 Å². The zero-order chi connectivity index (χ0) is 10.6. The maximum absolute atomic E-state index is 10.5. The molecule has 0 aromatic rings. The number of carboxylic acids is 1. The number of phosphoric acid groups is 1. The van der Waals surface area contributed by atoms with E-state index in [0.29, 0.717) is 0 Å². The molecular weight excluding hydrogens is 205 g/mol. The zero-order valence-electron chi connectivity index (χ0n) is 6.28. The van der Waals surface area contributed by atoms with Gasteiger partial charge < -0.3 is 15.4 Å². The molecule has 0 saturated heterocycles. The summed E-state index contributed by atoms with van der Waals surface area (Å²) in [6.07, 6.45) is -0.791. The Hall–Kier alpha value is -0.950. The van der Waals surface area contributed by atoms with Crippen molar-refractivity contribution in [3.63, 3.8) is 0 Å². The van der Waals surface area contributed by atoms with Gasteiger partial charge in [-0.2, -0.15) is 0 Å². The maximum atomic E-state index is 10.5. The van der Waals surface area contributed by atoms with Crippen molar-refractivity contribution < 1.29 is 33.6 Å². The molecule has 76 valence electrons. The zero-order valence-corrected chi connectivity index (χ0v) is 7.18. The third kappa shape index (κ3) is 6.23. The van der Waals surface area contributed by atoms with Crippen LogP contribution in [0.1, 0.15) is 6.42 Å². The van der Waals surface area contributed by atoms with Gasteiger partial charge in [0.1, 0.15) is 6.04 Å². The SMILES string of the molecule is N[C@H](CC(=O)OP(=O)(O)O)C(=O)O. The fourth-order valence-corrected chi connectivity index (χ4v) is 0.777. The monoisotopic (exact) mass is 213 g/mol. The highest BCUT2D eigenvalue weighted by atomic mass is 31.2. The molecular formula is C4H8NO7P. The molecule has 0 aromatic heterocycles. The molecule has 0 aromatic carbocycles. The lowest BCUT2D eigenvalue weighted by atomic mass is 10.2. The van der Waals surface area contributed by atoms with Gasteiger partial charge >= 0.3 is 19.8 Å². The summed E-state index contributed by atoms with van der Waals surface area (Å²) in [6.45, 7) is 0. The molecule has 0 fully saturated rings. The molecule has 0 aliphatic heterocycles.